The summed E-state index contributed by atoms with van der Waals surface area (Å²) in [6.45, 7) is 5.95. The van der Waals surface area contributed by atoms with Crippen LogP contribution in [0.4, 0.5) is 0 Å². The molecule has 0 aliphatic heterocycles. The van der Waals surface area contributed by atoms with Crippen molar-refractivity contribution in [2.45, 2.75) is 20.8 Å². The molecule has 3 nitrogen and oxygen atoms in total. The zero-order chi connectivity index (χ0) is 11.1. The molecule has 0 unspecified atom stereocenters. The van der Waals surface area contributed by atoms with Crippen LogP contribution in [0.1, 0.15) is 19.5 Å². The lowest BCUT2D eigenvalue weighted by Crippen LogP contribution is -1.87. The lowest BCUT2D eigenvalue weighted by molar-refractivity contribution is 1.10. The molecule has 0 saturated heterocycles. The normalized spacial score (nSPS) is 9.00. The first-order valence-electron chi connectivity index (χ1n) is 5.05. The third kappa shape index (κ3) is 3.13. The van der Waals surface area contributed by atoms with E-state index < -0.39 is 0 Å². The van der Waals surface area contributed by atoms with Crippen LogP contribution in [-0.4, -0.2) is 15.0 Å². The lowest BCUT2D eigenvalue weighted by atomic mass is 10.2. The number of aryl methyl sites for hydroxylation is 1. The molecule has 2 aromatic heterocycles. The highest BCUT2D eigenvalue weighted by atomic mass is 14.8. The number of hydrogen-bond donors (Lipinski definition) is 0. The van der Waals surface area contributed by atoms with Gasteiger partial charge < -0.3 is 0 Å². The van der Waals surface area contributed by atoms with E-state index in [1.807, 2.05) is 39.0 Å². The van der Waals surface area contributed by atoms with E-state index in [9.17, 15) is 0 Å². The Bertz CT molecular complexity index is 399. The van der Waals surface area contributed by atoms with Gasteiger partial charge in [0.1, 0.15) is 6.33 Å². The van der Waals surface area contributed by atoms with E-state index in [4.69, 9.17) is 0 Å². The van der Waals surface area contributed by atoms with E-state index in [-0.39, 0.29) is 0 Å². The molecule has 0 saturated carbocycles. The average Bonchev–Trinajstić information content (AvgIpc) is 2.33. The summed E-state index contributed by atoms with van der Waals surface area (Å²) in [6, 6.07) is 5.82. The predicted octanol–water partition coefficient (Wildman–Crippen LogP) is 2.87. The van der Waals surface area contributed by atoms with Crippen molar-refractivity contribution in [3.63, 3.8) is 0 Å². The molecule has 78 valence electrons. The molecule has 15 heavy (non-hydrogen) atoms. The summed E-state index contributed by atoms with van der Waals surface area (Å²) < 4.78 is 0. The van der Waals surface area contributed by atoms with Crippen LogP contribution in [0.5, 0.6) is 0 Å². The van der Waals surface area contributed by atoms with Crippen molar-refractivity contribution in [1.29, 1.82) is 0 Å². The minimum atomic E-state index is 0.940. The molecule has 0 bridgehead atoms. The fourth-order valence-corrected chi connectivity index (χ4v) is 1.14. The van der Waals surface area contributed by atoms with Gasteiger partial charge in [-0.2, -0.15) is 0 Å². The van der Waals surface area contributed by atoms with Gasteiger partial charge in [0.25, 0.3) is 0 Å². The summed E-state index contributed by atoms with van der Waals surface area (Å²) in [5, 5.41) is 0. The molecule has 0 atom stereocenters. The van der Waals surface area contributed by atoms with Crippen molar-refractivity contribution < 1.29 is 0 Å². The van der Waals surface area contributed by atoms with Crippen molar-refractivity contribution in [2.24, 2.45) is 0 Å². The molecule has 0 spiro atoms. The van der Waals surface area contributed by atoms with Crippen molar-refractivity contribution >= 4 is 0 Å². The van der Waals surface area contributed by atoms with Gasteiger partial charge in [-0.3, -0.25) is 4.98 Å². The molecular formula is C12H15N3. The summed E-state index contributed by atoms with van der Waals surface area (Å²) in [6.07, 6.45) is 5.09. The van der Waals surface area contributed by atoms with E-state index in [1.54, 1.807) is 18.7 Å². The second kappa shape index (κ2) is 5.86. The Morgan fingerprint density at radius 3 is 2.27 bits per heavy atom. The van der Waals surface area contributed by atoms with Crippen LogP contribution in [0.3, 0.4) is 0 Å². The van der Waals surface area contributed by atoms with E-state index in [0.29, 0.717) is 0 Å². The third-order valence-electron chi connectivity index (χ3n) is 1.78. The zero-order valence-electron chi connectivity index (χ0n) is 9.31. The Labute approximate surface area is 90.2 Å². The monoisotopic (exact) mass is 201 g/mol. The van der Waals surface area contributed by atoms with E-state index >= 15 is 0 Å². The summed E-state index contributed by atoms with van der Waals surface area (Å²) in [4.78, 5) is 12.2. The average molecular weight is 201 g/mol. The van der Waals surface area contributed by atoms with Gasteiger partial charge in [0.05, 0.1) is 5.69 Å². The number of aromatic nitrogens is 3. The highest BCUT2D eigenvalue weighted by Gasteiger charge is 1.97. The van der Waals surface area contributed by atoms with Crippen LogP contribution in [-0.2, 0) is 0 Å². The highest BCUT2D eigenvalue weighted by Crippen LogP contribution is 2.14. The molecule has 0 aliphatic carbocycles. The Hall–Kier alpha value is -1.77. The highest BCUT2D eigenvalue weighted by molar-refractivity contribution is 5.57. The first-order valence-corrected chi connectivity index (χ1v) is 5.05. The molecule has 0 aromatic carbocycles. The summed E-state index contributed by atoms with van der Waals surface area (Å²) in [5.74, 6) is 0. The minimum Gasteiger partial charge on any atom is -0.265 e. The van der Waals surface area contributed by atoms with Crippen molar-refractivity contribution in [1.82, 2.24) is 15.0 Å². The fourth-order valence-electron chi connectivity index (χ4n) is 1.14. The zero-order valence-corrected chi connectivity index (χ0v) is 9.31. The molecule has 2 rings (SSSR count). The van der Waals surface area contributed by atoms with Gasteiger partial charge in [-0.05, 0) is 25.1 Å². The second-order valence-corrected chi connectivity index (χ2v) is 2.78. The fraction of sp³-hybridized carbons (Fsp3) is 0.250. The predicted molar refractivity (Wildman–Crippen MR) is 61.3 cm³/mol. The van der Waals surface area contributed by atoms with Crippen LogP contribution >= 0.6 is 0 Å². The number of pyridine rings is 1. The summed E-state index contributed by atoms with van der Waals surface area (Å²) in [7, 11) is 0. The topological polar surface area (TPSA) is 38.7 Å². The Morgan fingerprint density at radius 2 is 1.67 bits per heavy atom. The number of rotatable bonds is 1. The van der Waals surface area contributed by atoms with E-state index in [1.165, 1.54) is 0 Å². The largest absolute Gasteiger partial charge is 0.265 e. The van der Waals surface area contributed by atoms with Crippen molar-refractivity contribution in [3.05, 3.63) is 42.6 Å². The smallest absolute Gasteiger partial charge is 0.116 e. The standard InChI is InChI=1S/C10H9N3.C2H6/c1-8-6-10(13-7-12-8)9-2-4-11-5-3-9;1-2/h2-7H,1H3;1-2H3. The molecular weight excluding hydrogens is 186 g/mol. The van der Waals surface area contributed by atoms with Gasteiger partial charge >= 0.3 is 0 Å². The van der Waals surface area contributed by atoms with Crippen LogP contribution in [0.2, 0.25) is 0 Å². The molecule has 0 N–H and O–H groups in total. The van der Waals surface area contributed by atoms with Crippen molar-refractivity contribution in [2.75, 3.05) is 0 Å². The summed E-state index contributed by atoms with van der Waals surface area (Å²) >= 11 is 0. The maximum atomic E-state index is 4.17. The molecule has 0 aliphatic rings. The Morgan fingerprint density at radius 1 is 1.00 bits per heavy atom. The van der Waals surface area contributed by atoms with Gasteiger partial charge in [0.2, 0.25) is 0 Å². The molecule has 2 heterocycles. The third-order valence-corrected chi connectivity index (χ3v) is 1.78. The molecule has 0 radical (unpaired) electrons. The lowest BCUT2D eigenvalue weighted by Gasteiger charge is -1.99. The van der Waals surface area contributed by atoms with E-state index in [2.05, 4.69) is 15.0 Å². The van der Waals surface area contributed by atoms with Crippen LogP contribution in [0, 0.1) is 6.92 Å². The van der Waals surface area contributed by atoms with Crippen LogP contribution < -0.4 is 0 Å². The Balaban J connectivity index is 0.000000531. The SMILES string of the molecule is CC.Cc1cc(-c2ccncc2)ncn1. The second-order valence-electron chi connectivity index (χ2n) is 2.78. The van der Waals surface area contributed by atoms with Gasteiger partial charge in [0.15, 0.2) is 0 Å². The van der Waals surface area contributed by atoms with Gasteiger partial charge in [-0.15, -0.1) is 0 Å². The Kier molecular flexibility index (Phi) is 4.41. The maximum Gasteiger partial charge on any atom is 0.116 e. The molecule has 0 fully saturated rings. The van der Waals surface area contributed by atoms with Crippen LogP contribution in [0.15, 0.2) is 36.9 Å². The maximum absolute atomic E-state index is 4.17. The molecule has 0 amide bonds. The molecule has 3 heteroatoms. The van der Waals surface area contributed by atoms with E-state index in [0.717, 1.165) is 17.0 Å². The first kappa shape index (κ1) is 11.3. The summed E-state index contributed by atoms with van der Waals surface area (Å²) in [5.41, 5.74) is 2.98. The quantitative estimate of drug-likeness (QED) is 0.712. The van der Waals surface area contributed by atoms with Crippen LogP contribution in [0.25, 0.3) is 11.3 Å². The number of nitrogens with zero attached hydrogens (tertiary/aromatic N) is 3. The first-order chi connectivity index (χ1) is 7.36. The van der Waals surface area contributed by atoms with Gasteiger partial charge in [-0.1, -0.05) is 13.8 Å². The van der Waals surface area contributed by atoms with Crippen molar-refractivity contribution in [3.8, 4) is 11.3 Å². The number of hydrogen-bond acceptors (Lipinski definition) is 3. The van der Waals surface area contributed by atoms with Gasteiger partial charge in [0, 0.05) is 23.7 Å². The van der Waals surface area contributed by atoms with Gasteiger partial charge in [-0.25, -0.2) is 9.97 Å². The minimum absolute atomic E-state index is 0.940. The molecule has 2 aromatic rings.